The molecule has 3 heteroatoms. The molecule has 1 aliphatic rings. The van der Waals surface area contributed by atoms with E-state index in [4.69, 9.17) is 15.2 Å². The Balaban J connectivity index is 2.30. The lowest BCUT2D eigenvalue weighted by Crippen LogP contribution is -2.27. The zero-order chi connectivity index (χ0) is 10.8. The predicted molar refractivity (Wildman–Crippen MR) is 59.2 cm³/mol. The quantitative estimate of drug-likeness (QED) is 0.809. The minimum atomic E-state index is 0.0594. The lowest BCUT2D eigenvalue weighted by atomic mass is 9.98. The second-order valence-electron chi connectivity index (χ2n) is 3.90. The smallest absolute Gasteiger partial charge is 0.124 e. The van der Waals surface area contributed by atoms with E-state index in [0.29, 0.717) is 6.61 Å². The number of rotatable bonds is 2. The van der Waals surface area contributed by atoms with Crippen LogP contribution in [0.4, 0.5) is 0 Å². The van der Waals surface area contributed by atoms with E-state index in [2.05, 4.69) is 0 Å². The average Bonchev–Trinajstić information content (AvgIpc) is 2.19. The summed E-state index contributed by atoms with van der Waals surface area (Å²) in [6.07, 6.45) is 1.06. The van der Waals surface area contributed by atoms with Gasteiger partial charge in [-0.3, -0.25) is 0 Å². The van der Waals surface area contributed by atoms with Gasteiger partial charge in [0.2, 0.25) is 0 Å². The lowest BCUT2D eigenvalue weighted by Gasteiger charge is -2.28. The van der Waals surface area contributed by atoms with Crippen LogP contribution in [0.25, 0.3) is 0 Å². The van der Waals surface area contributed by atoms with Gasteiger partial charge in [0, 0.05) is 18.0 Å². The number of hydrogen-bond donors (Lipinski definition) is 1. The van der Waals surface area contributed by atoms with Crippen LogP contribution in [-0.2, 0) is 0 Å². The van der Waals surface area contributed by atoms with E-state index < -0.39 is 0 Å². The minimum Gasteiger partial charge on any atom is -0.494 e. The zero-order valence-corrected chi connectivity index (χ0v) is 9.19. The van der Waals surface area contributed by atoms with Crippen molar-refractivity contribution >= 4 is 0 Å². The number of fused-ring (bicyclic) bond motifs is 1. The fourth-order valence-corrected chi connectivity index (χ4v) is 1.93. The van der Waals surface area contributed by atoms with Crippen LogP contribution in [-0.4, -0.2) is 12.7 Å². The largest absolute Gasteiger partial charge is 0.494 e. The van der Waals surface area contributed by atoms with Gasteiger partial charge in [-0.25, -0.2) is 0 Å². The van der Waals surface area contributed by atoms with Crippen LogP contribution < -0.4 is 15.2 Å². The normalized spacial score (nSPS) is 24.2. The summed E-state index contributed by atoms with van der Waals surface area (Å²) in [6, 6.07) is 5.90. The van der Waals surface area contributed by atoms with Crippen LogP contribution in [0, 0.1) is 0 Å². The molecule has 1 aliphatic heterocycles. The fourth-order valence-electron chi connectivity index (χ4n) is 1.93. The van der Waals surface area contributed by atoms with E-state index in [1.54, 1.807) is 0 Å². The van der Waals surface area contributed by atoms with Gasteiger partial charge in [-0.05, 0) is 32.0 Å². The number of benzene rings is 1. The molecule has 82 valence electrons. The Hall–Kier alpha value is -1.22. The van der Waals surface area contributed by atoms with Gasteiger partial charge in [-0.15, -0.1) is 0 Å². The second kappa shape index (κ2) is 4.11. The molecule has 1 aromatic rings. The van der Waals surface area contributed by atoms with Crippen molar-refractivity contribution in [3.8, 4) is 11.5 Å². The average molecular weight is 207 g/mol. The lowest BCUT2D eigenvalue weighted by molar-refractivity contribution is 0.176. The summed E-state index contributed by atoms with van der Waals surface area (Å²) in [7, 11) is 0. The molecule has 1 aromatic carbocycles. The van der Waals surface area contributed by atoms with Crippen molar-refractivity contribution in [1.29, 1.82) is 0 Å². The van der Waals surface area contributed by atoms with Crippen LogP contribution in [0.3, 0.4) is 0 Å². The molecule has 0 saturated heterocycles. The van der Waals surface area contributed by atoms with Crippen LogP contribution in [0.1, 0.15) is 31.9 Å². The maximum Gasteiger partial charge on any atom is 0.124 e. The number of hydrogen-bond acceptors (Lipinski definition) is 3. The van der Waals surface area contributed by atoms with E-state index in [1.807, 2.05) is 32.0 Å². The summed E-state index contributed by atoms with van der Waals surface area (Å²) < 4.78 is 11.1. The number of nitrogens with two attached hydrogens (primary N) is 1. The van der Waals surface area contributed by atoms with Gasteiger partial charge < -0.3 is 15.2 Å². The first-order valence-electron chi connectivity index (χ1n) is 5.39. The van der Waals surface area contributed by atoms with Crippen LogP contribution >= 0.6 is 0 Å². The minimum absolute atomic E-state index is 0.0594. The Morgan fingerprint density at radius 1 is 1.53 bits per heavy atom. The fraction of sp³-hybridized carbons (Fsp3) is 0.500. The Kier molecular flexibility index (Phi) is 2.82. The molecule has 0 amide bonds. The topological polar surface area (TPSA) is 44.5 Å². The molecule has 2 N–H and O–H groups in total. The van der Waals surface area contributed by atoms with Gasteiger partial charge in [0.15, 0.2) is 0 Å². The van der Waals surface area contributed by atoms with Crippen molar-refractivity contribution in [2.75, 3.05) is 6.61 Å². The van der Waals surface area contributed by atoms with E-state index in [9.17, 15) is 0 Å². The Morgan fingerprint density at radius 2 is 2.33 bits per heavy atom. The van der Waals surface area contributed by atoms with E-state index in [0.717, 1.165) is 23.5 Å². The maximum atomic E-state index is 6.07. The molecule has 1 heterocycles. The Bertz CT molecular complexity index is 351. The highest BCUT2D eigenvalue weighted by molar-refractivity contribution is 5.43. The molecule has 0 aliphatic carbocycles. The van der Waals surface area contributed by atoms with Crippen LogP contribution in [0.2, 0.25) is 0 Å². The molecule has 0 fully saturated rings. The molecule has 15 heavy (non-hydrogen) atoms. The molecular weight excluding hydrogens is 190 g/mol. The Morgan fingerprint density at radius 3 is 3.07 bits per heavy atom. The molecule has 0 spiro atoms. The standard InChI is InChI=1S/C12H17NO2/c1-3-14-9-4-5-12-10(7-9)11(13)6-8(2)15-12/h4-5,7-8,11H,3,6,13H2,1-2H3. The number of ether oxygens (including phenoxy) is 2. The molecule has 2 unspecified atom stereocenters. The summed E-state index contributed by atoms with van der Waals surface area (Å²) in [5.41, 5.74) is 7.12. The highest BCUT2D eigenvalue weighted by atomic mass is 16.5. The zero-order valence-electron chi connectivity index (χ0n) is 9.19. The van der Waals surface area contributed by atoms with Crippen molar-refractivity contribution in [1.82, 2.24) is 0 Å². The molecule has 3 nitrogen and oxygen atoms in total. The summed E-state index contributed by atoms with van der Waals surface area (Å²) in [4.78, 5) is 0. The van der Waals surface area contributed by atoms with Gasteiger partial charge in [0.05, 0.1) is 12.7 Å². The van der Waals surface area contributed by atoms with E-state index in [1.165, 1.54) is 0 Å². The highest BCUT2D eigenvalue weighted by Crippen LogP contribution is 2.35. The first-order chi connectivity index (χ1) is 7.20. The SMILES string of the molecule is CCOc1ccc2c(c1)C(N)CC(C)O2. The molecule has 0 bridgehead atoms. The summed E-state index contributed by atoms with van der Waals surface area (Å²) in [5.74, 6) is 1.76. The third-order valence-electron chi connectivity index (χ3n) is 2.61. The van der Waals surface area contributed by atoms with Gasteiger partial charge in [-0.2, -0.15) is 0 Å². The van der Waals surface area contributed by atoms with Crippen LogP contribution in [0.5, 0.6) is 11.5 Å². The van der Waals surface area contributed by atoms with Gasteiger partial charge >= 0.3 is 0 Å². The van der Waals surface area contributed by atoms with Gasteiger partial charge in [0.25, 0.3) is 0 Å². The first kappa shape index (κ1) is 10.3. The molecular formula is C12H17NO2. The van der Waals surface area contributed by atoms with E-state index >= 15 is 0 Å². The summed E-state index contributed by atoms with van der Waals surface area (Å²) in [5, 5.41) is 0. The maximum absolute atomic E-state index is 6.07. The van der Waals surface area contributed by atoms with Crippen molar-refractivity contribution < 1.29 is 9.47 Å². The van der Waals surface area contributed by atoms with E-state index in [-0.39, 0.29) is 12.1 Å². The third kappa shape index (κ3) is 2.07. The van der Waals surface area contributed by atoms with Gasteiger partial charge in [-0.1, -0.05) is 0 Å². The molecule has 0 radical (unpaired) electrons. The predicted octanol–water partition coefficient (Wildman–Crippen LogP) is 2.26. The van der Waals surface area contributed by atoms with Crippen molar-refractivity contribution in [2.24, 2.45) is 5.73 Å². The highest BCUT2D eigenvalue weighted by Gasteiger charge is 2.23. The molecule has 2 atom stereocenters. The van der Waals surface area contributed by atoms with Crippen molar-refractivity contribution in [3.05, 3.63) is 23.8 Å². The second-order valence-corrected chi connectivity index (χ2v) is 3.90. The van der Waals surface area contributed by atoms with Gasteiger partial charge in [0.1, 0.15) is 11.5 Å². The van der Waals surface area contributed by atoms with Crippen molar-refractivity contribution in [2.45, 2.75) is 32.4 Å². The first-order valence-corrected chi connectivity index (χ1v) is 5.39. The summed E-state index contributed by atoms with van der Waals surface area (Å²) >= 11 is 0. The molecule has 0 saturated carbocycles. The van der Waals surface area contributed by atoms with Crippen LogP contribution in [0.15, 0.2) is 18.2 Å². The monoisotopic (exact) mass is 207 g/mol. The summed E-state index contributed by atoms with van der Waals surface area (Å²) in [6.45, 7) is 4.68. The third-order valence-corrected chi connectivity index (χ3v) is 2.61. The molecule has 0 aromatic heterocycles. The Labute approximate surface area is 90.2 Å². The van der Waals surface area contributed by atoms with Crippen molar-refractivity contribution in [3.63, 3.8) is 0 Å². The molecule has 2 rings (SSSR count).